The number of rotatable bonds is 7. The average molecular weight is 388 g/mol. The zero-order valence-electron chi connectivity index (χ0n) is 16.8. The number of nitrogens with one attached hydrogen (secondary N) is 1. The molecular weight excluding hydrogens is 359 g/mol. The van der Waals surface area contributed by atoms with Crippen LogP contribution in [0, 0.1) is 18.7 Å². The van der Waals surface area contributed by atoms with E-state index in [4.69, 9.17) is 4.52 Å². The molecule has 0 radical (unpaired) electrons. The number of hydrogen-bond donors (Lipinski definition) is 1. The molecule has 6 nitrogen and oxygen atoms in total. The number of amides is 1. The number of halogens is 1. The smallest absolute Gasteiger partial charge is 0.234 e. The molecule has 0 bridgehead atoms. The van der Waals surface area contributed by atoms with Crippen LogP contribution in [-0.4, -0.2) is 53.6 Å². The maximum Gasteiger partial charge on any atom is 0.234 e. The second-order valence-electron chi connectivity index (χ2n) is 7.83. The predicted octanol–water partition coefficient (Wildman–Crippen LogP) is 2.75. The van der Waals surface area contributed by atoms with E-state index in [-0.39, 0.29) is 23.7 Å². The fourth-order valence-corrected chi connectivity index (χ4v) is 3.54. The zero-order valence-corrected chi connectivity index (χ0v) is 16.8. The summed E-state index contributed by atoms with van der Waals surface area (Å²) >= 11 is 0. The molecule has 28 heavy (non-hydrogen) atoms. The summed E-state index contributed by atoms with van der Waals surface area (Å²) in [5.74, 6) is 0.831. The summed E-state index contributed by atoms with van der Waals surface area (Å²) in [4.78, 5) is 17.1. The predicted molar refractivity (Wildman–Crippen MR) is 105 cm³/mol. The summed E-state index contributed by atoms with van der Waals surface area (Å²) in [6.07, 6.45) is 0. The van der Waals surface area contributed by atoms with Gasteiger partial charge in [-0.15, -0.1) is 0 Å². The molecule has 2 aromatic rings. The van der Waals surface area contributed by atoms with Gasteiger partial charge in [-0.2, -0.15) is 0 Å². The molecule has 7 heteroatoms. The molecule has 0 saturated carbocycles. The normalized spacial score (nSPS) is 17.0. The van der Waals surface area contributed by atoms with E-state index in [9.17, 15) is 9.18 Å². The second-order valence-corrected chi connectivity index (χ2v) is 7.83. The van der Waals surface area contributed by atoms with Gasteiger partial charge in [0.1, 0.15) is 5.82 Å². The molecule has 1 aromatic heterocycles. The monoisotopic (exact) mass is 388 g/mol. The fraction of sp³-hybridized carbons (Fsp3) is 0.524. The van der Waals surface area contributed by atoms with Crippen molar-refractivity contribution in [3.63, 3.8) is 0 Å². The van der Waals surface area contributed by atoms with E-state index in [0.717, 1.165) is 49.7 Å². The summed E-state index contributed by atoms with van der Waals surface area (Å²) in [6.45, 7) is 10.6. The average Bonchev–Trinajstić information content (AvgIpc) is 3.07. The highest BCUT2D eigenvalue weighted by Crippen LogP contribution is 2.22. The van der Waals surface area contributed by atoms with Gasteiger partial charge < -0.3 is 9.84 Å². The number of benzene rings is 1. The third-order valence-corrected chi connectivity index (χ3v) is 5.10. The van der Waals surface area contributed by atoms with Crippen molar-refractivity contribution < 1.29 is 13.7 Å². The highest BCUT2D eigenvalue weighted by Gasteiger charge is 2.23. The molecule has 1 aliphatic heterocycles. The molecule has 1 unspecified atom stereocenters. The van der Waals surface area contributed by atoms with Crippen LogP contribution in [0.2, 0.25) is 0 Å². The van der Waals surface area contributed by atoms with E-state index >= 15 is 0 Å². The summed E-state index contributed by atoms with van der Waals surface area (Å²) in [6, 6.07) is 8.19. The van der Waals surface area contributed by atoms with E-state index in [2.05, 4.69) is 34.1 Å². The van der Waals surface area contributed by atoms with Crippen LogP contribution in [0.4, 0.5) is 4.39 Å². The number of piperazine rings is 1. The van der Waals surface area contributed by atoms with Crippen LogP contribution < -0.4 is 5.32 Å². The second kappa shape index (κ2) is 9.30. The quantitative estimate of drug-likeness (QED) is 0.790. The van der Waals surface area contributed by atoms with Gasteiger partial charge in [0.2, 0.25) is 5.91 Å². The highest BCUT2D eigenvalue weighted by atomic mass is 19.1. The molecule has 1 atom stereocenters. The van der Waals surface area contributed by atoms with E-state index < -0.39 is 0 Å². The molecule has 0 spiro atoms. The lowest BCUT2D eigenvalue weighted by Gasteiger charge is -2.34. The first-order valence-electron chi connectivity index (χ1n) is 9.82. The number of aryl methyl sites for hydroxylation is 1. The van der Waals surface area contributed by atoms with E-state index in [1.807, 2.05) is 13.0 Å². The van der Waals surface area contributed by atoms with Crippen LogP contribution in [0.5, 0.6) is 0 Å². The summed E-state index contributed by atoms with van der Waals surface area (Å²) in [5.41, 5.74) is 1.82. The number of aromatic nitrogens is 1. The van der Waals surface area contributed by atoms with Crippen LogP contribution >= 0.6 is 0 Å². The van der Waals surface area contributed by atoms with Gasteiger partial charge in [0.05, 0.1) is 24.8 Å². The molecule has 2 heterocycles. The molecular formula is C21H29FN4O2. The number of carbonyl (C=O) groups excluding carboxylic acids is 1. The maximum absolute atomic E-state index is 13.2. The van der Waals surface area contributed by atoms with Crippen molar-refractivity contribution in [2.75, 3.05) is 32.7 Å². The lowest BCUT2D eigenvalue weighted by atomic mass is 9.96. The molecule has 152 valence electrons. The molecule has 0 aliphatic carbocycles. The van der Waals surface area contributed by atoms with Crippen LogP contribution in [0.25, 0.3) is 0 Å². The van der Waals surface area contributed by atoms with E-state index in [1.54, 1.807) is 12.1 Å². The third-order valence-electron chi connectivity index (χ3n) is 5.10. The van der Waals surface area contributed by atoms with Crippen molar-refractivity contribution in [1.82, 2.24) is 20.3 Å². The minimum Gasteiger partial charge on any atom is -0.360 e. The lowest BCUT2D eigenvalue weighted by Crippen LogP contribution is -2.49. The topological polar surface area (TPSA) is 61.6 Å². The Kier molecular flexibility index (Phi) is 6.80. The van der Waals surface area contributed by atoms with Gasteiger partial charge in [0, 0.05) is 32.2 Å². The van der Waals surface area contributed by atoms with Crippen LogP contribution in [0.1, 0.15) is 36.9 Å². The largest absolute Gasteiger partial charge is 0.360 e. The molecule has 1 saturated heterocycles. The molecule has 1 fully saturated rings. The Morgan fingerprint density at radius 1 is 1.18 bits per heavy atom. The van der Waals surface area contributed by atoms with Crippen LogP contribution in [-0.2, 0) is 11.3 Å². The molecule has 3 rings (SSSR count). The van der Waals surface area contributed by atoms with Gasteiger partial charge in [-0.1, -0.05) is 31.1 Å². The Bertz CT molecular complexity index is 767. The van der Waals surface area contributed by atoms with Crippen molar-refractivity contribution >= 4 is 5.91 Å². The van der Waals surface area contributed by atoms with Crippen molar-refractivity contribution in [3.05, 3.63) is 53.2 Å². The van der Waals surface area contributed by atoms with Crippen molar-refractivity contribution in [2.45, 2.75) is 33.4 Å². The number of carbonyl (C=O) groups is 1. The zero-order chi connectivity index (χ0) is 20.1. The number of nitrogens with zero attached hydrogens (tertiary/aromatic N) is 3. The first-order valence-corrected chi connectivity index (χ1v) is 9.82. The van der Waals surface area contributed by atoms with E-state index in [1.165, 1.54) is 12.1 Å². The Labute approximate surface area is 165 Å². The van der Waals surface area contributed by atoms with Gasteiger partial charge in [-0.25, -0.2) is 4.39 Å². The van der Waals surface area contributed by atoms with Gasteiger partial charge in [0.25, 0.3) is 0 Å². The summed E-state index contributed by atoms with van der Waals surface area (Å²) in [5, 5.41) is 7.04. The Morgan fingerprint density at radius 3 is 2.39 bits per heavy atom. The van der Waals surface area contributed by atoms with Gasteiger partial charge in [0.15, 0.2) is 5.76 Å². The Morgan fingerprint density at radius 2 is 1.82 bits per heavy atom. The summed E-state index contributed by atoms with van der Waals surface area (Å²) in [7, 11) is 0. The van der Waals surface area contributed by atoms with Gasteiger partial charge in [-0.05, 0) is 30.5 Å². The molecule has 1 aliphatic rings. The standard InChI is InChI=1S/C21H29FN4O2/c1-15(2)21(17-4-6-18(22)7-5-17)23-20(27)14-26-10-8-25(9-11-26)13-19-12-16(3)24-28-19/h4-7,12,15,21H,8-11,13-14H2,1-3H3,(H,23,27). The first kappa shape index (κ1) is 20.5. The molecule has 1 aromatic carbocycles. The summed E-state index contributed by atoms with van der Waals surface area (Å²) < 4.78 is 18.5. The first-order chi connectivity index (χ1) is 13.4. The number of hydrogen-bond acceptors (Lipinski definition) is 5. The molecule has 1 N–H and O–H groups in total. The van der Waals surface area contributed by atoms with Crippen LogP contribution in [0.3, 0.4) is 0 Å². The van der Waals surface area contributed by atoms with E-state index in [0.29, 0.717) is 6.54 Å². The third kappa shape index (κ3) is 5.62. The lowest BCUT2D eigenvalue weighted by molar-refractivity contribution is -0.123. The highest BCUT2D eigenvalue weighted by molar-refractivity contribution is 5.78. The Balaban J connectivity index is 1.47. The van der Waals surface area contributed by atoms with Gasteiger partial charge >= 0.3 is 0 Å². The molecule has 1 amide bonds. The fourth-order valence-electron chi connectivity index (χ4n) is 3.54. The Hall–Kier alpha value is -2.25. The van der Waals surface area contributed by atoms with Crippen molar-refractivity contribution in [3.8, 4) is 0 Å². The maximum atomic E-state index is 13.2. The van der Waals surface area contributed by atoms with Crippen LogP contribution in [0.15, 0.2) is 34.9 Å². The minimum atomic E-state index is -0.268. The van der Waals surface area contributed by atoms with Crippen molar-refractivity contribution in [2.24, 2.45) is 5.92 Å². The van der Waals surface area contributed by atoms with Gasteiger partial charge in [-0.3, -0.25) is 14.6 Å². The van der Waals surface area contributed by atoms with Crippen molar-refractivity contribution in [1.29, 1.82) is 0 Å². The minimum absolute atomic E-state index is 0.00216. The SMILES string of the molecule is Cc1cc(CN2CCN(CC(=O)NC(c3ccc(F)cc3)C(C)C)CC2)on1.